The zero-order chi connectivity index (χ0) is 13.4. The predicted molar refractivity (Wildman–Crippen MR) is 82.1 cm³/mol. The number of rotatable bonds is 2. The van der Waals surface area contributed by atoms with Crippen molar-refractivity contribution in [1.82, 2.24) is 0 Å². The number of hydrogen-bond donors (Lipinski definition) is 1. The van der Waals surface area contributed by atoms with Crippen molar-refractivity contribution in [3.63, 3.8) is 0 Å². The van der Waals surface area contributed by atoms with Crippen LogP contribution in [0.2, 0.25) is 0 Å². The van der Waals surface area contributed by atoms with Gasteiger partial charge < -0.3 is 5.11 Å². The maximum atomic E-state index is 11.1. The molecular weight excluding hydrogens is 308 g/mol. The zero-order valence-electron chi connectivity index (χ0n) is 11.5. The van der Waals surface area contributed by atoms with Crippen LogP contribution in [0.15, 0.2) is 15.9 Å². The number of aliphatic hydroxyl groups is 1. The molecule has 1 aromatic heterocycles. The summed E-state index contributed by atoms with van der Waals surface area (Å²) >= 11 is 5.25. The fourth-order valence-electron chi connectivity index (χ4n) is 3.42. The molecule has 0 amide bonds. The smallest absolute Gasteiger partial charge is 0.0728 e. The van der Waals surface area contributed by atoms with E-state index < -0.39 is 5.60 Å². The fourth-order valence-corrected chi connectivity index (χ4v) is 4.99. The van der Waals surface area contributed by atoms with Gasteiger partial charge in [0.15, 0.2) is 0 Å². The molecule has 0 bridgehead atoms. The van der Waals surface area contributed by atoms with Gasteiger partial charge in [0.2, 0.25) is 0 Å². The lowest BCUT2D eigenvalue weighted by Crippen LogP contribution is -2.48. The van der Waals surface area contributed by atoms with Crippen molar-refractivity contribution in [2.45, 2.75) is 58.5 Å². The maximum absolute atomic E-state index is 11.1. The summed E-state index contributed by atoms with van der Waals surface area (Å²) in [5.74, 6) is 0.402. The molecule has 2 unspecified atom stereocenters. The normalized spacial score (nSPS) is 29.5. The van der Waals surface area contributed by atoms with Gasteiger partial charge in [0.05, 0.1) is 5.60 Å². The maximum Gasteiger partial charge on any atom is 0.0728 e. The standard InChI is InChI=1S/C15H23BrOS/c1-14(2,3)13-6-4-5-7-15(13,17)9-12-8-11(16)10-18-12/h8,10,13,17H,4-7,9H2,1-3H3. The first-order chi connectivity index (χ1) is 8.31. The second-order valence-electron chi connectivity index (χ2n) is 6.68. The Bertz CT molecular complexity index is 407. The van der Waals surface area contributed by atoms with E-state index in [2.05, 4.69) is 48.1 Å². The molecule has 1 aliphatic carbocycles. The third kappa shape index (κ3) is 3.17. The van der Waals surface area contributed by atoms with E-state index in [1.54, 1.807) is 11.3 Å². The summed E-state index contributed by atoms with van der Waals surface area (Å²) in [7, 11) is 0. The molecule has 2 rings (SSSR count). The topological polar surface area (TPSA) is 20.2 Å². The molecule has 2 atom stereocenters. The van der Waals surface area contributed by atoms with E-state index in [0.29, 0.717) is 5.92 Å². The van der Waals surface area contributed by atoms with Gasteiger partial charge >= 0.3 is 0 Å². The molecule has 0 radical (unpaired) electrons. The first-order valence-corrected chi connectivity index (χ1v) is 8.44. The molecule has 1 saturated carbocycles. The monoisotopic (exact) mass is 330 g/mol. The van der Waals surface area contributed by atoms with Crippen LogP contribution >= 0.6 is 27.3 Å². The van der Waals surface area contributed by atoms with Crippen molar-refractivity contribution in [2.75, 3.05) is 0 Å². The van der Waals surface area contributed by atoms with Crippen molar-refractivity contribution in [1.29, 1.82) is 0 Å². The Kier molecular flexibility index (Phi) is 4.25. The Morgan fingerprint density at radius 1 is 1.44 bits per heavy atom. The minimum Gasteiger partial charge on any atom is -0.389 e. The highest BCUT2D eigenvalue weighted by Gasteiger charge is 2.44. The van der Waals surface area contributed by atoms with Crippen molar-refractivity contribution >= 4 is 27.3 Å². The van der Waals surface area contributed by atoms with Crippen LogP contribution in [0.3, 0.4) is 0 Å². The molecule has 0 saturated heterocycles. The molecule has 0 aliphatic heterocycles. The summed E-state index contributed by atoms with van der Waals surface area (Å²) in [6, 6.07) is 2.15. The van der Waals surface area contributed by atoms with E-state index in [-0.39, 0.29) is 5.41 Å². The van der Waals surface area contributed by atoms with Crippen LogP contribution in [0.25, 0.3) is 0 Å². The van der Waals surface area contributed by atoms with Crippen molar-refractivity contribution in [3.8, 4) is 0 Å². The summed E-state index contributed by atoms with van der Waals surface area (Å²) < 4.78 is 1.13. The van der Waals surface area contributed by atoms with Gasteiger partial charge in [-0.1, -0.05) is 33.6 Å². The van der Waals surface area contributed by atoms with Gasteiger partial charge in [0, 0.05) is 21.2 Å². The number of hydrogen-bond acceptors (Lipinski definition) is 2. The Hall–Kier alpha value is 0.140. The van der Waals surface area contributed by atoms with Crippen molar-refractivity contribution < 1.29 is 5.11 Å². The van der Waals surface area contributed by atoms with Gasteiger partial charge in [-0.25, -0.2) is 0 Å². The quantitative estimate of drug-likeness (QED) is 0.807. The molecule has 0 spiro atoms. The van der Waals surface area contributed by atoms with Crippen LogP contribution in [-0.2, 0) is 6.42 Å². The lowest BCUT2D eigenvalue weighted by molar-refractivity contribution is -0.0884. The Morgan fingerprint density at radius 3 is 2.72 bits per heavy atom. The summed E-state index contributed by atoms with van der Waals surface area (Å²) in [5, 5.41) is 13.2. The minimum atomic E-state index is -0.513. The van der Waals surface area contributed by atoms with Crippen molar-refractivity contribution in [3.05, 3.63) is 20.8 Å². The molecule has 1 heterocycles. The van der Waals surface area contributed by atoms with E-state index in [1.807, 2.05) is 0 Å². The van der Waals surface area contributed by atoms with Gasteiger partial charge in [-0.2, -0.15) is 0 Å². The van der Waals surface area contributed by atoms with E-state index >= 15 is 0 Å². The molecular formula is C15H23BrOS. The lowest BCUT2D eigenvalue weighted by atomic mass is 9.62. The predicted octanol–water partition coefficient (Wildman–Crippen LogP) is 5.02. The van der Waals surface area contributed by atoms with Crippen molar-refractivity contribution in [2.24, 2.45) is 11.3 Å². The average Bonchev–Trinajstić information content (AvgIpc) is 2.62. The van der Waals surface area contributed by atoms with E-state index in [9.17, 15) is 5.11 Å². The minimum absolute atomic E-state index is 0.184. The second kappa shape index (κ2) is 5.26. The van der Waals surface area contributed by atoms with E-state index in [0.717, 1.165) is 30.2 Å². The van der Waals surface area contributed by atoms with Crippen LogP contribution in [0.5, 0.6) is 0 Å². The molecule has 102 valence electrons. The highest BCUT2D eigenvalue weighted by Crippen LogP contribution is 2.46. The van der Waals surface area contributed by atoms with Crippen LogP contribution in [0, 0.1) is 11.3 Å². The molecule has 1 aliphatic rings. The van der Waals surface area contributed by atoms with Crippen LogP contribution in [0.4, 0.5) is 0 Å². The average molecular weight is 331 g/mol. The van der Waals surface area contributed by atoms with Gasteiger partial charge in [0.25, 0.3) is 0 Å². The first kappa shape index (κ1) is 14.5. The molecule has 1 fully saturated rings. The highest BCUT2D eigenvalue weighted by atomic mass is 79.9. The molecule has 18 heavy (non-hydrogen) atoms. The van der Waals surface area contributed by atoms with Gasteiger partial charge in [-0.05, 0) is 46.2 Å². The summed E-state index contributed by atoms with van der Waals surface area (Å²) in [6.45, 7) is 6.79. The summed E-state index contributed by atoms with van der Waals surface area (Å²) in [4.78, 5) is 1.29. The van der Waals surface area contributed by atoms with E-state index in [4.69, 9.17) is 0 Å². The first-order valence-electron chi connectivity index (χ1n) is 6.76. The van der Waals surface area contributed by atoms with Gasteiger partial charge in [0.1, 0.15) is 0 Å². The molecule has 1 N–H and O–H groups in total. The summed E-state index contributed by atoms with van der Waals surface area (Å²) in [6.07, 6.45) is 5.34. The van der Waals surface area contributed by atoms with Gasteiger partial charge in [-0.15, -0.1) is 11.3 Å². The Balaban J connectivity index is 2.20. The molecule has 3 heteroatoms. The second-order valence-corrected chi connectivity index (χ2v) is 8.59. The Morgan fingerprint density at radius 2 is 2.17 bits per heavy atom. The van der Waals surface area contributed by atoms with Gasteiger partial charge in [-0.3, -0.25) is 0 Å². The van der Waals surface area contributed by atoms with E-state index in [1.165, 1.54) is 11.3 Å². The highest BCUT2D eigenvalue weighted by molar-refractivity contribution is 9.10. The summed E-state index contributed by atoms with van der Waals surface area (Å²) in [5.41, 5.74) is -0.329. The number of halogens is 1. The zero-order valence-corrected chi connectivity index (χ0v) is 13.9. The Labute approximate surface area is 123 Å². The lowest BCUT2D eigenvalue weighted by Gasteiger charge is -2.47. The number of thiophene rings is 1. The van der Waals surface area contributed by atoms with Crippen LogP contribution < -0.4 is 0 Å². The largest absolute Gasteiger partial charge is 0.389 e. The fraction of sp³-hybridized carbons (Fsp3) is 0.733. The molecule has 0 aromatic carbocycles. The molecule has 1 aromatic rings. The molecule has 1 nitrogen and oxygen atoms in total. The van der Waals surface area contributed by atoms with Crippen LogP contribution in [-0.4, -0.2) is 10.7 Å². The third-order valence-corrected chi connectivity index (χ3v) is 5.85. The third-order valence-electron chi connectivity index (χ3n) is 4.15. The SMILES string of the molecule is CC(C)(C)C1CCCCC1(O)Cc1cc(Br)cs1. The van der Waals surface area contributed by atoms with Crippen LogP contribution in [0.1, 0.15) is 51.3 Å².